The number of amides is 1. The third-order valence-electron chi connectivity index (χ3n) is 6.18. The van der Waals surface area contributed by atoms with Crippen molar-refractivity contribution in [1.82, 2.24) is 9.80 Å². The molecule has 5 nitrogen and oxygen atoms in total. The number of benzene rings is 2. The second-order valence-corrected chi connectivity index (χ2v) is 9.27. The number of likely N-dealkylation sites (tertiary alicyclic amines) is 1. The molecule has 0 atom stereocenters. The van der Waals surface area contributed by atoms with Gasteiger partial charge in [0.1, 0.15) is 5.75 Å². The Kier molecular flexibility index (Phi) is 8.46. The third-order valence-corrected chi connectivity index (χ3v) is 6.18. The van der Waals surface area contributed by atoms with E-state index in [0.29, 0.717) is 23.0 Å². The van der Waals surface area contributed by atoms with Crippen molar-refractivity contribution in [2.45, 2.75) is 40.2 Å². The summed E-state index contributed by atoms with van der Waals surface area (Å²) in [5, 5.41) is 0. The summed E-state index contributed by atoms with van der Waals surface area (Å²) in [5.74, 6) is 1.93. The SMILES string of the molecule is COc1ccccc1CN1CCC(CN(CC(C)C)C(=O)c2ccc(C(C)=O)cc2)CC1. The van der Waals surface area contributed by atoms with Crippen LogP contribution >= 0.6 is 0 Å². The first-order valence-corrected chi connectivity index (χ1v) is 11.6. The molecule has 0 bridgehead atoms. The molecule has 0 radical (unpaired) electrons. The summed E-state index contributed by atoms with van der Waals surface area (Å²) >= 11 is 0. The van der Waals surface area contributed by atoms with Gasteiger partial charge >= 0.3 is 0 Å². The Hall–Kier alpha value is -2.66. The Morgan fingerprint density at radius 3 is 2.25 bits per heavy atom. The molecule has 0 aliphatic carbocycles. The highest BCUT2D eigenvalue weighted by molar-refractivity contribution is 5.97. The number of ether oxygens (including phenoxy) is 1. The Balaban J connectivity index is 1.59. The number of carbonyl (C=O) groups excluding carboxylic acids is 2. The van der Waals surface area contributed by atoms with Crippen LogP contribution in [0.1, 0.15) is 59.9 Å². The predicted octanol–water partition coefficient (Wildman–Crippen LogP) is 4.91. The quantitative estimate of drug-likeness (QED) is 0.524. The van der Waals surface area contributed by atoms with Gasteiger partial charge in [0, 0.05) is 36.3 Å². The minimum absolute atomic E-state index is 0.0166. The average molecular weight is 437 g/mol. The van der Waals surface area contributed by atoms with Crippen LogP contribution < -0.4 is 4.74 Å². The van der Waals surface area contributed by atoms with Crippen LogP contribution in [0.2, 0.25) is 0 Å². The molecule has 3 rings (SSSR count). The van der Waals surface area contributed by atoms with Crippen LogP contribution in [-0.4, -0.2) is 54.8 Å². The maximum atomic E-state index is 13.2. The van der Waals surface area contributed by atoms with Crippen LogP contribution in [-0.2, 0) is 6.54 Å². The fraction of sp³-hybridized carbons (Fsp3) is 0.481. The highest BCUT2D eigenvalue weighted by Crippen LogP contribution is 2.25. The van der Waals surface area contributed by atoms with Crippen molar-refractivity contribution in [2.24, 2.45) is 11.8 Å². The third kappa shape index (κ3) is 6.42. The van der Waals surface area contributed by atoms with Crippen LogP contribution in [0.25, 0.3) is 0 Å². The van der Waals surface area contributed by atoms with E-state index in [0.717, 1.165) is 51.3 Å². The number of carbonyl (C=O) groups is 2. The Bertz CT molecular complexity index is 899. The molecule has 0 spiro atoms. The maximum absolute atomic E-state index is 13.2. The summed E-state index contributed by atoms with van der Waals surface area (Å²) in [7, 11) is 1.72. The summed E-state index contributed by atoms with van der Waals surface area (Å²) in [6.07, 6.45) is 2.17. The molecule has 172 valence electrons. The predicted molar refractivity (Wildman–Crippen MR) is 128 cm³/mol. The van der Waals surface area contributed by atoms with Crippen molar-refractivity contribution in [3.8, 4) is 5.75 Å². The van der Waals surface area contributed by atoms with Crippen molar-refractivity contribution < 1.29 is 14.3 Å². The molecule has 5 heteroatoms. The number of rotatable bonds is 9. The summed E-state index contributed by atoms with van der Waals surface area (Å²) in [5.41, 5.74) is 2.52. The minimum Gasteiger partial charge on any atom is -0.496 e. The molecular weight excluding hydrogens is 400 g/mol. The van der Waals surface area contributed by atoms with E-state index in [1.807, 2.05) is 17.0 Å². The van der Waals surface area contributed by atoms with E-state index in [2.05, 4.69) is 30.9 Å². The fourth-order valence-electron chi connectivity index (χ4n) is 4.42. The standard InChI is InChI=1S/C27H36N2O3/c1-20(2)17-29(27(31)24-11-9-23(10-12-24)21(3)30)18-22-13-15-28(16-14-22)19-25-7-5-6-8-26(25)32-4/h5-12,20,22H,13-19H2,1-4H3. The van der Waals surface area contributed by atoms with E-state index in [1.54, 1.807) is 38.3 Å². The molecule has 0 saturated carbocycles. The maximum Gasteiger partial charge on any atom is 0.253 e. The summed E-state index contributed by atoms with van der Waals surface area (Å²) < 4.78 is 5.50. The van der Waals surface area contributed by atoms with E-state index in [-0.39, 0.29) is 11.7 Å². The smallest absolute Gasteiger partial charge is 0.253 e. The van der Waals surface area contributed by atoms with Gasteiger partial charge in [-0.15, -0.1) is 0 Å². The zero-order valence-corrected chi connectivity index (χ0v) is 19.8. The Labute approximate surface area is 192 Å². The van der Waals surface area contributed by atoms with Crippen molar-refractivity contribution in [1.29, 1.82) is 0 Å². The Morgan fingerprint density at radius 2 is 1.66 bits per heavy atom. The number of hydrogen-bond donors (Lipinski definition) is 0. The van der Waals surface area contributed by atoms with Crippen molar-refractivity contribution in [3.63, 3.8) is 0 Å². The molecule has 1 fully saturated rings. The van der Waals surface area contributed by atoms with Gasteiger partial charge in [0.25, 0.3) is 5.91 Å². The number of methoxy groups -OCH3 is 1. The second-order valence-electron chi connectivity index (χ2n) is 9.27. The molecule has 1 amide bonds. The van der Waals surface area contributed by atoms with E-state index in [4.69, 9.17) is 4.74 Å². The first kappa shape index (κ1) is 24.0. The topological polar surface area (TPSA) is 49.9 Å². The van der Waals surface area contributed by atoms with E-state index in [1.165, 1.54) is 5.56 Å². The van der Waals surface area contributed by atoms with E-state index >= 15 is 0 Å². The van der Waals surface area contributed by atoms with Gasteiger partial charge in [-0.05, 0) is 62.9 Å². The number of hydrogen-bond acceptors (Lipinski definition) is 4. The Morgan fingerprint density at radius 1 is 1.03 bits per heavy atom. The lowest BCUT2D eigenvalue weighted by atomic mass is 9.95. The molecule has 0 N–H and O–H groups in total. The number of ketones is 1. The second kappa shape index (κ2) is 11.3. The first-order chi connectivity index (χ1) is 15.4. The lowest BCUT2D eigenvalue weighted by Crippen LogP contribution is -2.42. The molecule has 1 aliphatic heterocycles. The highest BCUT2D eigenvalue weighted by atomic mass is 16.5. The molecule has 1 aliphatic rings. The highest BCUT2D eigenvalue weighted by Gasteiger charge is 2.25. The molecule has 2 aromatic carbocycles. The zero-order valence-electron chi connectivity index (χ0n) is 19.8. The van der Waals surface area contributed by atoms with Gasteiger partial charge in [-0.25, -0.2) is 0 Å². The van der Waals surface area contributed by atoms with Gasteiger partial charge in [0.15, 0.2) is 5.78 Å². The molecular formula is C27H36N2O3. The van der Waals surface area contributed by atoms with Gasteiger partial charge in [0.05, 0.1) is 7.11 Å². The normalized spacial score (nSPS) is 15.0. The van der Waals surface area contributed by atoms with Gasteiger partial charge in [-0.1, -0.05) is 44.2 Å². The van der Waals surface area contributed by atoms with Gasteiger partial charge in [-0.2, -0.15) is 0 Å². The minimum atomic E-state index is 0.0166. The van der Waals surface area contributed by atoms with Crippen LogP contribution in [0.3, 0.4) is 0 Å². The van der Waals surface area contributed by atoms with Gasteiger partial charge in [0.2, 0.25) is 0 Å². The molecule has 0 unspecified atom stereocenters. The molecule has 2 aromatic rings. The number of piperidine rings is 1. The van der Waals surface area contributed by atoms with Crippen molar-refractivity contribution in [3.05, 3.63) is 65.2 Å². The van der Waals surface area contributed by atoms with Crippen LogP contribution in [0.5, 0.6) is 5.75 Å². The monoisotopic (exact) mass is 436 g/mol. The molecule has 32 heavy (non-hydrogen) atoms. The van der Waals surface area contributed by atoms with Gasteiger partial charge in [-0.3, -0.25) is 14.5 Å². The lowest BCUT2D eigenvalue weighted by Gasteiger charge is -2.35. The van der Waals surface area contributed by atoms with Crippen molar-refractivity contribution in [2.75, 3.05) is 33.3 Å². The average Bonchev–Trinajstić information content (AvgIpc) is 2.79. The van der Waals surface area contributed by atoms with Crippen LogP contribution in [0.4, 0.5) is 0 Å². The van der Waals surface area contributed by atoms with E-state index in [9.17, 15) is 9.59 Å². The van der Waals surface area contributed by atoms with Gasteiger partial charge < -0.3 is 9.64 Å². The number of para-hydroxylation sites is 1. The zero-order chi connectivity index (χ0) is 23.1. The first-order valence-electron chi connectivity index (χ1n) is 11.6. The molecule has 1 heterocycles. The largest absolute Gasteiger partial charge is 0.496 e. The molecule has 1 saturated heterocycles. The molecule has 0 aromatic heterocycles. The summed E-state index contributed by atoms with van der Waals surface area (Å²) in [6, 6.07) is 15.3. The van der Waals surface area contributed by atoms with Crippen molar-refractivity contribution >= 4 is 11.7 Å². The number of Topliss-reactive ketones (excluding diaryl/α,β-unsaturated/α-hetero) is 1. The van der Waals surface area contributed by atoms with Crippen LogP contribution in [0, 0.1) is 11.8 Å². The summed E-state index contributed by atoms with van der Waals surface area (Å²) in [4.78, 5) is 29.3. The van der Waals surface area contributed by atoms with Crippen LogP contribution in [0.15, 0.2) is 48.5 Å². The number of nitrogens with zero attached hydrogens (tertiary/aromatic N) is 2. The lowest BCUT2D eigenvalue weighted by molar-refractivity contribution is 0.0663. The fourth-order valence-corrected chi connectivity index (χ4v) is 4.42. The summed E-state index contributed by atoms with van der Waals surface area (Å²) in [6.45, 7) is 10.3. The van der Waals surface area contributed by atoms with E-state index < -0.39 is 0 Å².